The van der Waals surface area contributed by atoms with Crippen molar-refractivity contribution >= 4 is 21.0 Å². The molecule has 0 fully saturated rings. The molecule has 0 radical (unpaired) electrons. The van der Waals surface area contributed by atoms with E-state index in [9.17, 15) is 0 Å². The smallest absolute Gasteiger partial charge is 0.0354 e. The first-order valence-electron chi connectivity index (χ1n) is 2.37. The second-order valence-corrected chi connectivity index (χ2v) is 2.43. The summed E-state index contributed by atoms with van der Waals surface area (Å²) < 4.78 is 2.09. The Bertz CT molecular complexity index is 42.7. The van der Waals surface area contributed by atoms with Crippen LogP contribution in [-0.4, -0.2) is 23.6 Å². The summed E-state index contributed by atoms with van der Waals surface area (Å²) in [7, 11) is 2.60. The van der Waals surface area contributed by atoms with E-state index in [4.69, 9.17) is 11.6 Å². The molecule has 0 saturated carbocycles. The van der Waals surface area contributed by atoms with Gasteiger partial charge in [-0.25, -0.2) is 0 Å². The maximum absolute atomic E-state index is 5.42. The Balaban J connectivity index is 2.83. The zero-order chi connectivity index (χ0) is 5.70. The largest absolute Gasteiger partial charge is 0.286 e. The molecule has 0 N–H and O–H groups in total. The van der Waals surface area contributed by atoms with E-state index >= 15 is 0 Å². The van der Waals surface area contributed by atoms with Crippen LogP contribution in [0.3, 0.4) is 0 Å². The molecule has 1 atom stereocenters. The third kappa shape index (κ3) is 4.53. The molecule has 0 amide bonds. The van der Waals surface area contributed by atoms with Gasteiger partial charge in [-0.3, -0.25) is 4.67 Å². The Kier molecular flexibility index (Phi) is 5.30. The van der Waals surface area contributed by atoms with Crippen LogP contribution in [0.25, 0.3) is 0 Å². The van der Waals surface area contributed by atoms with Crippen LogP contribution < -0.4 is 0 Å². The molecule has 44 valence electrons. The van der Waals surface area contributed by atoms with Crippen molar-refractivity contribution in [1.82, 2.24) is 4.67 Å². The van der Waals surface area contributed by atoms with Gasteiger partial charge in [0.2, 0.25) is 0 Å². The average molecular weight is 140 g/mol. The van der Waals surface area contributed by atoms with Gasteiger partial charge in [-0.15, -0.1) is 11.6 Å². The molecule has 0 aliphatic carbocycles. The van der Waals surface area contributed by atoms with Crippen molar-refractivity contribution in [2.45, 2.75) is 6.92 Å². The summed E-state index contributed by atoms with van der Waals surface area (Å²) >= 11 is 5.42. The average Bonchev–Trinajstić information content (AvgIpc) is 1.68. The van der Waals surface area contributed by atoms with Crippen molar-refractivity contribution in [3.63, 3.8) is 0 Å². The van der Waals surface area contributed by atoms with Crippen molar-refractivity contribution in [1.29, 1.82) is 0 Å². The van der Waals surface area contributed by atoms with Crippen molar-refractivity contribution in [3.05, 3.63) is 0 Å². The quantitative estimate of drug-likeness (QED) is 0.421. The molecule has 0 aliphatic rings. The Labute approximate surface area is 52.3 Å². The number of hydrogen-bond acceptors (Lipinski definition) is 1. The van der Waals surface area contributed by atoms with E-state index in [2.05, 4.69) is 21.0 Å². The van der Waals surface area contributed by atoms with Crippen molar-refractivity contribution in [2.24, 2.45) is 0 Å². The van der Waals surface area contributed by atoms with Gasteiger partial charge in [-0.05, 0) is 6.54 Å². The molecule has 0 saturated heterocycles. The molecule has 3 heteroatoms. The van der Waals surface area contributed by atoms with Gasteiger partial charge in [0.25, 0.3) is 0 Å². The summed E-state index contributed by atoms with van der Waals surface area (Å²) in [6.45, 7) is 4.11. The SMILES string of the molecule is CCN(P)CCCl. The van der Waals surface area contributed by atoms with Crippen LogP contribution in [0.1, 0.15) is 6.92 Å². The molecular weight excluding hydrogens is 128 g/mol. The van der Waals surface area contributed by atoms with Gasteiger partial charge < -0.3 is 0 Å². The molecule has 7 heavy (non-hydrogen) atoms. The van der Waals surface area contributed by atoms with Crippen LogP contribution in [0.2, 0.25) is 0 Å². The predicted molar refractivity (Wildman–Crippen MR) is 37.7 cm³/mol. The predicted octanol–water partition coefficient (Wildman–Crippen LogP) is 1.34. The first kappa shape index (κ1) is 7.68. The zero-order valence-corrected chi connectivity index (χ0v) is 6.43. The number of hydrogen-bond donors (Lipinski definition) is 0. The molecule has 0 heterocycles. The van der Waals surface area contributed by atoms with Crippen LogP contribution in [0.4, 0.5) is 0 Å². The Morgan fingerprint density at radius 1 is 1.71 bits per heavy atom. The van der Waals surface area contributed by atoms with Gasteiger partial charge in [0.05, 0.1) is 0 Å². The normalized spacial score (nSPS) is 10.3. The second kappa shape index (κ2) is 4.83. The fourth-order valence-electron chi connectivity index (χ4n) is 0.267. The third-order valence-electron chi connectivity index (χ3n) is 0.778. The molecule has 0 spiro atoms. The maximum Gasteiger partial charge on any atom is 0.0354 e. The zero-order valence-electron chi connectivity index (χ0n) is 4.52. The number of alkyl halides is 1. The van der Waals surface area contributed by atoms with Crippen molar-refractivity contribution < 1.29 is 0 Å². The topological polar surface area (TPSA) is 3.24 Å². The molecule has 0 aromatic rings. The minimum absolute atomic E-state index is 0.720. The van der Waals surface area contributed by atoms with Crippen LogP contribution in [0.5, 0.6) is 0 Å². The highest BCUT2D eigenvalue weighted by molar-refractivity contribution is 7.13. The first-order valence-corrected chi connectivity index (χ1v) is 3.42. The lowest BCUT2D eigenvalue weighted by molar-refractivity contribution is 0.527. The fraction of sp³-hybridized carbons (Fsp3) is 1.00. The van der Waals surface area contributed by atoms with Crippen LogP contribution >= 0.6 is 21.0 Å². The third-order valence-corrected chi connectivity index (χ3v) is 1.57. The molecule has 0 bridgehead atoms. The van der Waals surface area contributed by atoms with Gasteiger partial charge in [-0.2, -0.15) is 0 Å². The van der Waals surface area contributed by atoms with E-state index in [-0.39, 0.29) is 0 Å². The van der Waals surface area contributed by atoms with Gasteiger partial charge in [-0.1, -0.05) is 16.3 Å². The summed E-state index contributed by atoms with van der Waals surface area (Å²) in [4.78, 5) is 0. The van der Waals surface area contributed by atoms with Gasteiger partial charge in [0, 0.05) is 12.4 Å². The molecule has 0 aromatic heterocycles. The Morgan fingerprint density at radius 3 is 2.43 bits per heavy atom. The first-order chi connectivity index (χ1) is 3.31. The molecule has 0 rings (SSSR count). The van der Waals surface area contributed by atoms with E-state index < -0.39 is 0 Å². The highest BCUT2D eigenvalue weighted by atomic mass is 35.5. The molecule has 0 aromatic carbocycles. The molecular formula is C4H11ClNP. The summed E-state index contributed by atoms with van der Waals surface area (Å²) in [5, 5.41) is 0. The van der Waals surface area contributed by atoms with E-state index in [1.165, 1.54) is 0 Å². The van der Waals surface area contributed by atoms with E-state index in [0.717, 1.165) is 19.0 Å². The lowest BCUT2D eigenvalue weighted by Gasteiger charge is -2.08. The molecule has 1 nitrogen and oxygen atoms in total. The van der Waals surface area contributed by atoms with Gasteiger partial charge in [0.1, 0.15) is 0 Å². The number of nitrogens with zero attached hydrogens (tertiary/aromatic N) is 1. The van der Waals surface area contributed by atoms with Gasteiger partial charge >= 0.3 is 0 Å². The summed E-state index contributed by atoms with van der Waals surface area (Å²) in [5.41, 5.74) is 0. The highest BCUT2D eigenvalue weighted by Gasteiger charge is 1.87. The highest BCUT2D eigenvalue weighted by Crippen LogP contribution is 1.95. The molecule has 0 aliphatic heterocycles. The summed E-state index contributed by atoms with van der Waals surface area (Å²) in [6, 6.07) is 0. The summed E-state index contributed by atoms with van der Waals surface area (Å²) in [6.07, 6.45) is 0. The summed E-state index contributed by atoms with van der Waals surface area (Å²) in [5.74, 6) is 0.720. The number of rotatable bonds is 3. The van der Waals surface area contributed by atoms with E-state index in [1.54, 1.807) is 0 Å². The fourth-order valence-corrected chi connectivity index (χ4v) is 0.777. The second-order valence-electron chi connectivity index (χ2n) is 1.32. The lowest BCUT2D eigenvalue weighted by atomic mass is 10.7. The Hall–Kier alpha value is 0.680. The number of halogens is 1. The van der Waals surface area contributed by atoms with Crippen LogP contribution in [-0.2, 0) is 0 Å². The van der Waals surface area contributed by atoms with Crippen molar-refractivity contribution in [3.8, 4) is 0 Å². The van der Waals surface area contributed by atoms with Crippen molar-refractivity contribution in [2.75, 3.05) is 19.0 Å². The minimum Gasteiger partial charge on any atom is -0.286 e. The molecule has 1 unspecified atom stereocenters. The lowest BCUT2D eigenvalue weighted by Crippen LogP contribution is -2.12. The van der Waals surface area contributed by atoms with Crippen LogP contribution in [0, 0.1) is 0 Å². The van der Waals surface area contributed by atoms with Crippen LogP contribution in [0.15, 0.2) is 0 Å². The standard InChI is InChI=1S/C4H11ClNP/c1-2-6(7)4-3-5/h2-4,7H2,1H3. The van der Waals surface area contributed by atoms with E-state index in [0.29, 0.717) is 0 Å². The monoisotopic (exact) mass is 139 g/mol. The van der Waals surface area contributed by atoms with Gasteiger partial charge in [0.15, 0.2) is 0 Å². The minimum atomic E-state index is 0.720. The maximum atomic E-state index is 5.42. The van der Waals surface area contributed by atoms with E-state index in [1.807, 2.05) is 0 Å². The Morgan fingerprint density at radius 2 is 2.29 bits per heavy atom.